The van der Waals surface area contributed by atoms with Crippen LogP contribution in [0.2, 0.25) is 0 Å². The predicted octanol–water partition coefficient (Wildman–Crippen LogP) is 8.71. The molecule has 0 N–H and O–H groups in total. The van der Waals surface area contributed by atoms with Crippen molar-refractivity contribution >= 4 is 0 Å². The number of aryl methyl sites for hydroxylation is 1. The van der Waals surface area contributed by atoms with E-state index in [1.807, 2.05) is 0 Å². The summed E-state index contributed by atoms with van der Waals surface area (Å²) in [6, 6.07) is 9.65. The van der Waals surface area contributed by atoms with Crippen molar-refractivity contribution in [3.8, 4) is 0 Å². The summed E-state index contributed by atoms with van der Waals surface area (Å²) in [7, 11) is 0. The van der Waals surface area contributed by atoms with Crippen LogP contribution in [0.25, 0.3) is 0 Å². The second kappa shape index (κ2) is 10.3. The maximum absolute atomic E-state index is 2.44. The SMILES string of the molecule is C/C=C/CCc1ccc(C2CCC(C3CCC4CC(CC)CCC4C3)CC2)cc1. The molecule has 160 valence electrons. The first kappa shape index (κ1) is 21.2. The number of fused-ring (bicyclic) bond motifs is 1. The summed E-state index contributed by atoms with van der Waals surface area (Å²) in [4.78, 5) is 0. The molecule has 3 aliphatic rings. The smallest absolute Gasteiger partial charge is 0.0162 e. The van der Waals surface area contributed by atoms with E-state index in [0.717, 1.165) is 35.5 Å². The average molecular weight is 393 g/mol. The molecule has 1 aromatic carbocycles. The van der Waals surface area contributed by atoms with Crippen LogP contribution < -0.4 is 0 Å². The molecular formula is C29H44. The van der Waals surface area contributed by atoms with Crippen LogP contribution in [0, 0.1) is 29.6 Å². The highest BCUT2D eigenvalue weighted by Crippen LogP contribution is 2.50. The highest BCUT2D eigenvalue weighted by atomic mass is 14.4. The van der Waals surface area contributed by atoms with Crippen molar-refractivity contribution in [2.45, 2.75) is 103 Å². The van der Waals surface area contributed by atoms with Crippen LogP contribution >= 0.6 is 0 Å². The zero-order valence-corrected chi connectivity index (χ0v) is 19.1. The van der Waals surface area contributed by atoms with Gasteiger partial charge in [0.15, 0.2) is 0 Å². The van der Waals surface area contributed by atoms with Crippen LogP contribution in [-0.4, -0.2) is 0 Å². The van der Waals surface area contributed by atoms with Gasteiger partial charge >= 0.3 is 0 Å². The molecule has 0 aromatic heterocycles. The van der Waals surface area contributed by atoms with E-state index in [1.54, 1.807) is 37.7 Å². The van der Waals surface area contributed by atoms with Crippen molar-refractivity contribution in [2.24, 2.45) is 29.6 Å². The Hall–Kier alpha value is -1.04. The van der Waals surface area contributed by atoms with E-state index in [-0.39, 0.29) is 0 Å². The topological polar surface area (TPSA) is 0 Å². The predicted molar refractivity (Wildman–Crippen MR) is 126 cm³/mol. The molecule has 0 heterocycles. The first-order valence-corrected chi connectivity index (χ1v) is 13.0. The third-order valence-electron chi connectivity index (χ3n) is 9.06. The molecule has 0 amide bonds. The summed E-state index contributed by atoms with van der Waals surface area (Å²) in [6.45, 7) is 4.52. The molecule has 3 saturated carbocycles. The Kier molecular flexibility index (Phi) is 7.54. The lowest BCUT2D eigenvalue weighted by molar-refractivity contribution is 0.0629. The van der Waals surface area contributed by atoms with Crippen molar-refractivity contribution in [3.63, 3.8) is 0 Å². The lowest BCUT2D eigenvalue weighted by Crippen LogP contribution is -2.34. The molecule has 0 nitrogen and oxygen atoms in total. The van der Waals surface area contributed by atoms with Crippen LogP contribution in [0.15, 0.2) is 36.4 Å². The van der Waals surface area contributed by atoms with E-state index in [0.29, 0.717) is 0 Å². The molecular weight excluding hydrogens is 348 g/mol. The first-order valence-electron chi connectivity index (χ1n) is 13.0. The van der Waals surface area contributed by atoms with Gasteiger partial charge in [-0.3, -0.25) is 0 Å². The Bertz CT molecular complexity index is 631. The summed E-state index contributed by atoms with van der Waals surface area (Å²) in [5.41, 5.74) is 3.11. The molecule has 0 heteroatoms. The van der Waals surface area contributed by atoms with Gasteiger partial charge in [-0.25, -0.2) is 0 Å². The number of hydrogen-bond acceptors (Lipinski definition) is 0. The van der Waals surface area contributed by atoms with Gasteiger partial charge in [0, 0.05) is 0 Å². The molecule has 29 heavy (non-hydrogen) atoms. The van der Waals surface area contributed by atoms with E-state index < -0.39 is 0 Å². The average Bonchev–Trinajstić information content (AvgIpc) is 2.79. The van der Waals surface area contributed by atoms with Crippen molar-refractivity contribution in [1.82, 2.24) is 0 Å². The fraction of sp³-hybridized carbons (Fsp3) is 0.724. The van der Waals surface area contributed by atoms with Gasteiger partial charge in [-0.05, 0) is 124 Å². The van der Waals surface area contributed by atoms with Crippen molar-refractivity contribution in [1.29, 1.82) is 0 Å². The molecule has 4 rings (SSSR count). The third-order valence-corrected chi connectivity index (χ3v) is 9.06. The molecule has 0 aliphatic heterocycles. The van der Waals surface area contributed by atoms with Gasteiger partial charge in [0.25, 0.3) is 0 Å². The Morgan fingerprint density at radius 1 is 0.759 bits per heavy atom. The minimum absolute atomic E-state index is 0.826. The second-order valence-corrected chi connectivity index (χ2v) is 10.6. The number of hydrogen-bond donors (Lipinski definition) is 0. The molecule has 3 aliphatic carbocycles. The van der Waals surface area contributed by atoms with E-state index in [9.17, 15) is 0 Å². The van der Waals surface area contributed by atoms with Crippen LogP contribution in [0.5, 0.6) is 0 Å². The number of allylic oxidation sites excluding steroid dienone is 2. The minimum atomic E-state index is 0.826. The molecule has 4 unspecified atom stereocenters. The van der Waals surface area contributed by atoms with Gasteiger partial charge in [-0.2, -0.15) is 0 Å². The van der Waals surface area contributed by atoms with Gasteiger partial charge in [0.1, 0.15) is 0 Å². The normalized spacial score (nSPS) is 35.5. The third kappa shape index (κ3) is 5.36. The lowest BCUT2D eigenvalue weighted by Gasteiger charge is -2.45. The maximum atomic E-state index is 2.44. The van der Waals surface area contributed by atoms with Gasteiger partial charge in [-0.1, -0.05) is 56.2 Å². The standard InChI is InChI=1S/C29H44/c1-3-5-6-7-23-9-11-24(12-10-23)25-14-16-26(17-15-25)28-19-18-27-20-22(4-2)8-13-29(27)21-28/h3,5,9-12,22,25-29H,4,6-8,13-21H2,1-2H3/b5-3+. The highest BCUT2D eigenvalue weighted by Gasteiger charge is 2.38. The first-order chi connectivity index (χ1) is 14.3. The Morgan fingerprint density at radius 3 is 2.07 bits per heavy atom. The summed E-state index contributed by atoms with van der Waals surface area (Å²) >= 11 is 0. The van der Waals surface area contributed by atoms with E-state index >= 15 is 0 Å². The number of benzene rings is 1. The van der Waals surface area contributed by atoms with Gasteiger partial charge in [-0.15, -0.1) is 0 Å². The summed E-state index contributed by atoms with van der Waals surface area (Å²) < 4.78 is 0. The molecule has 0 bridgehead atoms. The summed E-state index contributed by atoms with van der Waals surface area (Å²) in [5, 5.41) is 0. The van der Waals surface area contributed by atoms with E-state index in [1.165, 1.54) is 56.9 Å². The lowest BCUT2D eigenvalue weighted by atomic mass is 9.60. The van der Waals surface area contributed by atoms with E-state index in [4.69, 9.17) is 0 Å². The van der Waals surface area contributed by atoms with E-state index in [2.05, 4.69) is 50.3 Å². The zero-order valence-electron chi connectivity index (χ0n) is 19.1. The highest BCUT2D eigenvalue weighted by molar-refractivity contribution is 5.26. The van der Waals surface area contributed by atoms with Crippen LogP contribution in [-0.2, 0) is 6.42 Å². The molecule has 0 saturated heterocycles. The quantitative estimate of drug-likeness (QED) is 0.425. The molecule has 4 atom stereocenters. The van der Waals surface area contributed by atoms with Crippen molar-refractivity contribution in [3.05, 3.63) is 47.5 Å². The zero-order chi connectivity index (χ0) is 20.1. The maximum Gasteiger partial charge on any atom is -0.0162 e. The molecule has 3 fully saturated rings. The van der Waals surface area contributed by atoms with Crippen LogP contribution in [0.1, 0.15) is 108 Å². The fourth-order valence-corrected chi connectivity index (χ4v) is 7.12. The molecule has 0 radical (unpaired) electrons. The summed E-state index contributed by atoms with van der Waals surface area (Å²) in [5.74, 6) is 6.16. The Labute approximate surface area is 180 Å². The van der Waals surface area contributed by atoms with Gasteiger partial charge < -0.3 is 0 Å². The van der Waals surface area contributed by atoms with Crippen LogP contribution in [0.4, 0.5) is 0 Å². The van der Waals surface area contributed by atoms with Gasteiger partial charge in [0.2, 0.25) is 0 Å². The van der Waals surface area contributed by atoms with Crippen LogP contribution in [0.3, 0.4) is 0 Å². The van der Waals surface area contributed by atoms with Gasteiger partial charge in [0.05, 0.1) is 0 Å². The Morgan fingerprint density at radius 2 is 1.38 bits per heavy atom. The summed E-state index contributed by atoms with van der Waals surface area (Å²) in [6.07, 6.45) is 23.4. The van der Waals surface area contributed by atoms with Crippen molar-refractivity contribution < 1.29 is 0 Å². The largest absolute Gasteiger partial charge is 0.0917 e. The van der Waals surface area contributed by atoms with Crippen molar-refractivity contribution in [2.75, 3.05) is 0 Å². The number of rotatable bonds is 6. The monoisotopic (exact) mass is 392 g/mol. The molecule has 1 aromatic rings. The second-order valence-electron chi connectivity index (χ2n) is 10.6. The fourth-order valence-electron chi connectivity index (χ4n) is 7.12. The Balaban J connectivity index is 1.24. The minimum Gasteiger partial charge on any atom is -0.0917 e. The molecule has 0 spiro atoms.